The van der Waals surface area contributed by atoms with Crippen molar-refractivity contribution in [2.75, 3.05) is 13.1 Å². The van der Waals surface area contributed by atoms with E-state index in [0.717, 1.165) is 10.4 Å². The number of hydrogen-bond donors (Lipinski definition) is 2. The van der Waals surface area contributed by atoms with Crippen molar-refractivity contribution in [1.29, 1.82) is 0 Å². The van der Waals surface area contributed by atoms with Crippen LogP contribution >= 0.6 is 11.3 Å². The lowest BCUT2D eigenvalue weighted by atomic mass is 10.0. The monoisotopic (exact) mass is 580 g/mol. The topological polar surface area (TPSA) is 116 Å². The Kier molecular flexibility index (Phi) is 9.63. The van der Waals surface area contributed by atoms with E-state index in [1.165, 1.54) is 11.8 Å². The summed E-state index contributed by atoms with van der Waals surface area (Å²) in [6, 6.07) is 8.56. The molecule has 2 aliphatic rings. The summed E-state index contributed by atoms with van der Waals surface area (Å²) in [6.45, 7) is 9.49. The molecule has 4 unspecified atom stereocenters. The molecule has 0 bridgehead atoms. The summed E-state index contributed by atoms with van der Waals surface area (Å²) in [4.78, 5) is 69.7. The van der Waals surface area contributed by atoms with Gasteiger partial charge in [0.15, 0.2) is 5.78 Å². The van der Waals surface area contributed by atoms with Crippen LogP contribution in [0.15, 0.2) is 41.8 Å². The van der Waals surface area contributed by atoms with Crippen LogP contribution in [0.4, 0.5) is 0 Å². The van der Waals surface area contributed by atoms with Crippen molar-refractivity contribution in [2.24, 2.45) is 11.8 Å². The van der Waals surface area contributed by atoms with E-state index < -0.39 is 24.2 Å². The summed E-state index contributed by atoms with van der Waals surface area (Å²) < 4.78 is 0. The second-order valence-corrected chi connectivity index (χ2v) is 12.8. The molecular formula is C31H40N4O5S. The second-order valence-electron chi connectivity index (χ2n) is 11.9. The molecule has 220 valence electrons. The summed E-state index contributed by atoms with van der Waals surface area (Å²) in [5, 5.41) is 7.65. The van der Waals surface area contributed by atoms with Crippen LogP contribution in [0.5, 0.6) is 0 Å². The predicted molar refractivity (Wildman–Crippen MR) is 158 cm³/mol. The van der Waals surface area contributed by atoms with Gasteiger partial charge in [0.25, 0.3) is 5.91 Å². The van der Waals surface area contributed by atoms with Crippen LogP contribution < -0.4 is 10.6 Å². The van der Waals surface area contributed by atoms with Gasteiger partial charge in [-0.2, -0.15) is 0 Å². The van der Waals surface area contributed by atoms with Crippen molar-refractivity contribution in [3.63, 3.8) is 0 Å². The van der Waals surface area contributed by atoms with Crippen molar-refractivity contribution in [1.82, 2.24) is 20.4 Å². The molecule has 3 heterocycles. The number of Topliss-reactive ketones (excluding diaryl/α,β-unsaturated/α-hetero) is 1. The summed E-state index contributed by atoms with van der Waals surface area (Å²) in [5.74, 6) is -1.16. The fraction of sp³-hybridized carbons (Fsp3) is 0.516. The molecule has 0 spiro atoms. The molecule has 2 aromatic rings. The molecule has 1 aromatic carbocycles. The number of thiophene rings is 1. The van der Waals surface area contributed by atoms with Gasteiger partial charge in [0.1, 0.15) is 18.1 Å². The Labute approximate surface area is 245 Å². The number of nitrogens with zero attached hydrogens (tertiary/aromatic N) is 2. The third-order valence-corrected chi connectivity index (χ3v) is 8.55. The van der Waals surface area contributed by atoms with Gasteiger partial charge < -0.3 is 20.4 Å². The molecule has 9 nitrogen and oxygen atoms in total. The molecule has 10 heteroatoms. The first-order valence-electron chi connectivity index (χ1n) is 14.3. The van der Waals surface area contributed by atoms with Crippen molar-refractivity contribution in [2.45, 2.75) is 78.0 Å². The average Bonchev–Trinajstić information content (AvgIpc) is 3.66. The van der Waals surface area contributed by atoms with Gasteiger partial charge in [-0.25, -0.2) is 0 Å². The zero-order chi connectivity index (χ0) is 29.8. The van der Waals surface area contributed by atoms with E-state index in [1.54, 1.807) is 28.4 Å². The third-order valence-electron chi connectivity index (χ3n) is 7.63. The highest BCUT2D eigenvalue weighted by Crippen LogP contribution is 2.32. The average molecular weight is 581 g/mol. The van der Waals surface area contributed by atoms with E-state index in [2.05, 4.69) is 10.6 Å². The first kappa shape index (κ1) is 30.4. The molecule has 4 amide bonds. The highest BCUT2D eigenvalue weighted by molar-refractivity contribution is 7.13. The molecule has 2 saturated heterocycles. The van der Waals surface area contributed by atoms with Gasteiger partial charge in [0.2, 0.25) is 17.7 Å². The van der Waals surface area contributed by atoms with Crippen LogP contribution in [-0.4, -0.2) is 76.5 Å². The molecule has 4 atom stereocenters. The van der Waals surface area contributed by atoms with Gasteiger partial charge in [-0.15, -0.1) is 11.3 Å². The highest BCUT2D eigenvalue weighted by atomic mass is 32.1. The number of benzene rings is 1. The molecule has 0 saturated carbocycles. The van der Waals surface area contributed by atoms with E-state index in [1.807, 2.05) is 57.3 Å². The van der Waals surface area contributed by atoms with Crippen LogP contribution in [0.2, 0.25) is 0 Å². The number of likely N-dealkylation sites (tertiary alicyclic amines) is 2. The Morgan fingerprint density at radius 2 is 1.51 bits per heavy atom. The van der Waals surface area contributed by atoms with E-state index in [4.69, 9.17) is 0 Å². The minimum Gasteiger partial charge on any atom is -0.345 e. The molecule has 2 fully saturated rings. The summed E-state index contributed by atoms with van der Waals surface area (Å²) in [7, 11) is 0. The number of amides is 4. The molecule has 0 radical (unpaired) electrons. The van der Waals surface area contributed by atoms with E-state index in [-0.39, 0.29) is 47.8 Å². The number of hydrogen-bond acceptors (Lipinski definition) is 6. The number of rotatable bonds is 10. The Hall–Kier alpha value is -3.53. The highest BCUT2D eigenvalue weighted by Gasteiger charge is 2.53. The van der Waals surface area contributed by atoms with Gasteiger partial charge >= 0.3 is 0 Å². The molecule has 2 aliphatic heterocycles. The van der Waals surface area contributed by atoms with Crippen molar-refractivity contribution in [3.8, 4) is 10.4 Å². The summed E-state index contributed by atoms with van der Waals surface area (Å²) >= 11 is 1.62. The Morgan fingerprint density at radius 3 is 2.07 bits per heavy atom. The third kappa shape index (κ3) is 7.04. The van der Waals surface area contributed by atoms with Crippen LogP contribution in [0.3, 0.4) is 0 Å². The summed E-state index contributed by atoms with van der Waals surface area (Å²) in [6.07, 6.45) is 1.34. The van der Waals surface area contributed by atoms with Crippen LogP contribution in [0, 0.1) is 11.8 Å². The molecule has 2 N–H and O–H groups in total. The normalized spacial score (nSPS) is 19.8. The molecule has 1 aromatic heterocycles. The Bertz CT molecular complexity index is 1270. The van der Waals surface area contributed by atoms with Crippen molar-refractivity contribution in [3.05, 3.63) is 47.3 Å². The van der Waals surface area contributed by atoms with Gasteiger partial charge in [-0.1, -0.05) is 45.9 Å². The minimum absolute atomic E-state index is 0.0933. The fourth-order valence-corrected chi connectivity index (χ4v) is 6.59. The lowest BCUT2D eigenvalue weighted by Crippen LogP contribution is -2.53. The van der Waals surface area contributed by atoms with Crippen LogP contribution in [0.25, 0.3) is 10.4 Å². The van der Waals surface area contributed by atoms with E-state index in [0.29, 0.717) is 31.4 Å². The fourth-order valence-electron chi connectivity index (χ4n) is 5.86. The van der Waals surface area contributed by atoms with Gasteiger partial charge in [-0.3, -0.25) is 24.0 Å². The molecule has 41 heavy (non-hydrogen) atoms. The number of carbonyl (C=O) groups is 5. The van der Waals surface area contributed by atoms with Gasteiger partial charge in [0, 0.05) is 23.9 Å². The summed E-state index contributed by atoms with van der Waals surface area (Å²) in [5.41, 5.74) is 1.47. The number of carbonyl (C=O) groups excluding carboxylic acids is 5. The lowest BCUT2D eigenvalue weighted by Gasteiger charge is -2.30. The number of fused-ring (bicyclic) bond motifs is 1. The van der Waals surface area contributed by atoms with Crippen molar-refractivity contribution >= 4 is 40.7 Å². The van der Waals surface area contributed by atoms with Gasteiger partial charge in [-0.05, 0) is 60.2 Å². The van der Waals surface area contributed by atoms with Gasteiger partial charge in [0.05, 0.1) is 12.6 Å². The largest absolute Gasteiger partial charge is 0.345 e. The first-order chi connectivity index (χ1) is 19.5. The van der Waals surface area contributed by atoms with Crippen molar-refractivity contribution < 1.29 is 24.0 Å². The molecule has 0 aliphatic carbocycles. The molecule has 4 rings (SSSR count). The maximum Gasteiger partial charge on any atom is 0.251 e. The number of nitrogens with one attached hydrogen (secondary N) is 2. The lowest BCUT2D eigenvalue weighted by molar-refractivity contribution is -0.138. The Morgan fingerprint density at radius 1 is 0.902 bits per heavy atom. The maximum atomic E-state index is 13.8. The minimum atomic E-state index is -0.802. The Balaban J connectivity index is 1.48. The molecular weight excluding hydrogens is 540 g/mol. The standard InChI is InChI=1S/C31H40N4O5S/c1-18(2)15-23(32-20(5)36)31(40)35-17-26(37)28-25(35)12-13-34(28)30(39)24(16-19(3)4)33-29(38)22-10-8-21(9-11-22)27-7-6-14-41-27/h6-11,14,18-19,23-25,28H,12-13,15-17H2,1-5H3,(H,32,36)(H,33,38). The van der Waals surface area contributed by atoms with Crippen LogP contribution in [0.1, 0.15) is 64.2 Å². The number of ketones is 1. The smallest absolute Gasteiger partial charge is 0.251 e. The predicted octanol–water partition coefficient (Wildman–Crippen LogP) is 3.49. The maximum absolute atomic E-state index is 13.8. The quantitative estimate of drug-likeness (QED) is 0.447. The van der Waals surface area contributed by atoms with Crippen LogP contribution in [-0.2, 0) is 19.2 Å². The SMILES string of the molecule is CC(=O)NC(CC(C)C)C(=O)N1CC(=O)C2C1CCN2C(=O)C(CC(C)C)NC(=O)c1ccc(-c2cccs2)cc1. The first-order valence-corrected chi connectivity index (χ1v) is 15.2. The van der Waals surface area contributed by atoms with E-state index in [9.17, 15) is 24.0 Å². The second kappa shape index (κ2) is 13.0. The zero-order valence-corrected chi connectivity index (χ0v) is 25.2. The van der Waals surface area contributed by atoms with E-state index >= 15 is 0 Å². The zero-order valence-electron chi connectivity index (χ0n) is 24.4.